The van der Waals surface area contributed by atoms with Crippen LogP contribution in [0.5, 0.6) is 5.75 Å². The molecule has 6 heteroatoms. The molecule has 0 unspecified atom stereocenters. The van der Waals surface area contributed by atoms with E-state index in [1.807, 2.05) is 18.2 Å². The zero-order valence-electron chi connectivity index (χ0n) is 12.1. The van der Waals surface area contributed by atoms with Gasteiger partial charge in [0, 0.05) is 32.0 Å². The highest BCUT2D eigenvalue weighted by Gasteiger charge is 2.13. The largest absolute Gasteiger partial charge is 0.497 e. The lowest BCUT2D eigenvalue weighted by Crippen LogP contribution is -2.38. The van der Waals surface area contributed by atoms with Crippen molar-refractivity contribution in [1.29, 1.82) is 0 Å². The van der Waals surface area contributed by atoms with Gasteiger partial charge in [0.2, 0.25) is 0 Å². The van der Waals surface area contributed by atoms with Gasteiger partial charge in [-0.3, -0.25) is 0 Å². The highest BCUT2D eigenvalue weighted by atomic mass is 16.5. The van der Waals surface area contributed by atoms with E-state index >= 15 is 0 Å². The number of amides is 2. The summed E-state index contributed by atoms with van der Waals surface area (Å²) in [6.07, 6.45) is 0.759. The summed E-state index contributed by atoms with van der Waals surface area (Å²) in [6.45, 7) is 2.19. The number of methoxy groups -OCH3 is 2. The molecule has 0 bridgehead atoms. The lowest BCUT2D eigenvalue weighted by molar-refractivity contribution is 0.155. The van der Waals surface area contributed by atoms with E-state index in [4.69, 9.17) is 15.2 Å². The third-order valence-electron chi connectivity index (χ3n) is 2.81. The van der Waals surface area contributed by atoms with Crippen molar-refractivity contribution in [2.45, 2.75) is 6.42 Å². The fourth-order valence-corrected chi connectivity index (χ4v) is 1.70. The predicted octanol–water partition coefficient (Wildman–Crippen LogP) is 1.52. The molecule has 0 saturated heterocycles. The number of nitrogens with two attached hydrogens (primary N) is 1. The first kappa shape index (κ1) is 16.3. The van der Waals surface area contributed by atoms with Crippen LogP contribution in [0, 0.1) is 0 Å². The van der Waals surface area contributed by atoms with E-state index < -0.39 is 0 Å². The first-order valence-corrected chi connectivity index (χ1v) is 6.60. The quantitative estimate of drug-likeness (QED) is 0.757. The number of hydrogen-bond acceptors (Lipinski definition) is 4. The minimum atomic E-state index is -0.163. The van der Waals surface area contributed by atoms with E-state index in [0.717, 1.165) is 6.42 Å². The van der Waals surface area contributed by atoms with E-state index in [2.05, 4.69) is 5.32 Å². The van der Waals surface area contributed by atoms with E-state index in [1.54, 1.807) is 25.2 Å². The number of rotatable bonds is 8. The first-order chi connectivity index (χ1) is 9.71. The molecule has 1 aromatic rings. The van der Waals surface area contributed by atoms with E-state index in [-0.39, 0.29) is 6.03 Å². The lowest BCUT2D eigenvalue weighted by Gasteiger charge is -2.22. The predicted molar refractivity (Wildman–Crippen MR) is 79.1 cm³/mol. The summed E-state index contributed by atoms with van der Waals surface area (Å²) in [5, 5.41) is 2.85. The molecule has 0 heterocycles. The zero-order chi connectivity index (χ0) is 14.8. The van der Waals surface area contributed by atoms with E-state index in [1.165, 1.54) is 0 Å². The minimum absolute atomic E-state index is 0.163. The summed E-state index contributed by atoms with van der Waals surface area (Å²) < 4.78 is 10.1. The Bertz CT molecular complexity index is 404. The molecule has 2 amide bonds. The highest BCUT2D eigenvalue weighted by molar-refractivity contribution is 5.89. The number of ether oxygens (including phenoxy) is 2. The molecule has 1 rings (SSSR count). The third kappa shape index (κ3) is 5.46. The van der Waals surface area contributed by atoms with Crippen LogP contribution in [0.1, 0.15) is 6.42 Å². The number of urea groups is 1. The van der Waals surface area contributed by atoms with E-state index in [0.29, 0.717) is 37.7 Å². The number of hydrogen-bond donors (Lipinski definition) is 2. The second-order valence-electron chi connectivity index (χ2n) is 4.28. The molecule has 0 aromatic heterocycles. The summed E-state index contributed by atoms with van der Waals surface area (Å²) in [6, 6.07) is 7.08. The SMILES string of the molecule is COCCN(CCCN)C(=O)Nc1cccc(OC)c1. The highest BCUT2D eigenvalue weighted by Crippen LogP contribution is 2.17. The van der Waals surface area contributed by atoms with Crippen molar-refractivity contribution in [3.8, 4) is 5.75 Å². The Hall–Kier alpha value is -1.79. The molecule has 0 radical (unpaired) electrons. The summed E-state index contributed by atoms with van der Waals surface area (Å²) in [7, 11) is 3.20. The van der Waals surface area contributed by atoms with Crippen molar-refractivity contribution in [3.05, 3.63) is 24.3 Å². The fraction of sp³-hybridized carbons (Fsp3) is 0.500. The normalized spacial score (nSPS) is 10.2. The van der Waals surface area contributed by atoms with Crippen molar-refractivity contribution in [2.75, 3.05) is 45.8 Å². The molecule has 112 valence electrons. The summed E-state index contributed by atoms with van der Waals surface area (Å²) in [5.41, 5.74) is 6.19. The van der Waals surface area contributed by atoms with Crippen molar-refractivity contribution < 1.29 is 14.3 Å². The molecule has 0 aliphatic rings. The molecular weight excluding hydrogens is 258 g/mol. The van der Waals surface area contributed by atoms with Gasteiger partial charge >= 0.3 is 6.03 Å². The van der Waals surface area contributed by atoms with Gasteiger partial charge in [-0.25, -0.2) is 4.79 Å². The van der Waals surface area contributed by atoms with Gasteiger partial charge < -0.3 is 25.4 Å². The second kappa shape index (κ2) is 9.17. The minimum Gasteiger partial charge on any atom is -0.497 e. The number of carbonyl (C=O) groups excluding carboxylic acids is 1. The second-order valence-corrected chi connectivity index (χ2v) is 4.28. The molecule has 0 aliphatic heterocycles. The Morgan fingerprint density at radius 1 is 1.35 bits per heavy atom. The van der Waals surface area contributed by atoms with Gasteiger partial charge in [0.25, 0.3) is 0 Å². The number of nitrogens with one attached hydrogen (secondary N) is 1. The van der Waals surface area contributed by atoms with Crippen molar-refractivity contribution >= 4 is 11.7 Å². The van der Waals surface area contributed by atoms with Crippen LogP contribution < -0.4 is 15.8 Å². The molecule has 0 saturated carbocycles. The lowest BCUT2D eigenvalue weighted by atomic mass is 10.3. The average Bonchev–Trinajstić information content (AvgIpc) is 2.47. The van der Waals surface area contributed by atoms with Crippen LogP contribution in [-0.2, 0) is 4.74 Å². The number of nitrogens with zero attached hydrogens (tertiary/aromatic N) is 1. The zero-order valence-corrected chi connectivity index (χ0v) is 12.1. The van der Waals surface area contributed by atoms with Crippen molar-refractivity contribution in [3.63, 3.8) is 0 Å². The van der Waals surface area contributed by atoms with Gasteiger partial charge in [-0.05, 0) is 25.1 Å². The fourth-order valence-electron chi connectivity index (χ4n) is 1.70. The van der Waals surface area contributed by atoms with Crippen LogP contribution in [0.15, 0.2) is 24.3 Å². The molecule has 20 heavy (non-hydrogen) atoms. The Morgan fingerprint density at radius 3 is 2.80 bits per heavy atom. The van der Waals surface area contributed by atoms with Gasteiger partial charge in [-0.2, -0.15) is 0 Å². The molecule has 1 aromatic carbocycles. The molecule has 0 spiro atoms. The Kier molecular flexibility index (Phi) is 7.46. The van der Waals surface area contributed by atoms with Crippen molar-refractivity contribution in [2.24, 2.45) is 5.73 Å². The number of benzene rings is 1. The summed E-state index contributed by atoms with van der Waals surface area (Å²) >= 11 is 0. The molecule has 0 atom stereocenters. The van der Waals surface area contributed by atoms with Crippen LogP contribution >= 0.6 is 0 Å². The number of carbonyl (C=O) groups is 1. The number of anilines is 1. The van der Waals surface area contributed by atoms with Gasteiger partial charge in [0.05, 0.1) is 13.7 Å². The van der Waals surface area contributed by atoms with Gasteiger partial charge in [0.1, 0.15) is 5.75 Å². The van der Waals surface area contributed by atoms with E-state index in [9.17, 15) is 4.79 Å². The summed E-state index contributed by atoms with van der Waals surface area (Å²) in [4.78, 5) is 13.9. The van der Waals surface area contributed by atoms with Crippen molar-refractivity contribution in [1.82, 2.24) is 4.90 Å². The van der Waals surface area contributed by atoms with Gasteiger partial charge in [-0.15, -0.1) is 0 Å². The molecule has 0 aliphatic carbocycles. The maximum absolute atomic E-state index is 12.2. The van der Waals surface area contributed by atoms with Crippen LogP contribution in [-0.4, -0.2) is 51.4 Å². The topological polar surface area (TPSA) is 76.8 Å². The van der Waals surface area contributed by atoms with Gasteiger partial charge in [-0.1, -0.05) is 6.07 Å². The smallest absolute Gasteiger partial charge is 0.321 e. The Morgan fingerprint density at radius 2 is 2.15 bits per heavy atom. The Labute approximate surface area is 119 Å². The van der Waals surface area contributed by atoms with Crippen LogP contribution in [0.25, 0.3) is 0 Å². The third-order valence-corrected chi connectivity index (χ3v) is 2.81. The summed E-state index contributed by atoms with van der Waals surface area (Å²) in [5.74, 6) is 0.702. The van der Waals surface area contributed by atoms with Crippen LogP contribution in [0.2, 0.25) is 0 Å². The van der Waals surface area contributed by atoms with Crippen LogP contribution in [0.3, 0.4) is 0 Å². The first-order valence-electron chi connectivity index (χ1n) is 6.60. The molecule has 0 fully saturated rings. The Balaban J connectivity index is 2.63. The molecular formula is C14H23N3O3. The monoisotopic (exact) mass is 281 g/mol. The maximum atomic E-state index is 12.2. The molecule has 3 N–H and O–H groups in total. The molecule has 6 nitrogen and oxygen atoms in total. The van der Waals surface area contributed by atoms with Crippen LogP contribution in [0.4, 0.5) is 10.5 Å². The standard InChI is InChI=1S/C14H23N3O3/c1-19-10-9-17(8-4-7-15)14(18)16-12-5-3-6-13(11-12)20-2/h3,5-6,11H,4,7-10,15H2,1-2H3,(H,16,18). The van der Waals surface area contributed by atoms with Gasteiger partial charge in [0.15, 0.2) is 0 Å². The maximum Gasteiger partial charge on any atom is 0.321 e. The average molecular weight is 281 g/mol.